The minimum atomic E-state index is 0.308. The van der Waals surface area contributed by atoms with Gasteiger partial charge in [-0.2, -0.15) is 0 Å². The van der Waals surface area contributed by atoms with E-state index < -0.39 is 0 Å². The van der Waals surface area contributed by atoms with Gasteiger partial charge in [0.25, 0.3) is 0 Å². The number of rotatable bonds is 1. The van der Waals surface area contributed by atoms with Crippen LogP contribution in [-0.4, -0.2) is 36.2 Å². The average molecular weight is 302 g/mol. The molecule has 1 aliphatic carbocycles. The van der Waals surface area contributed by atoms with Gasteiger partial charge in [-0.05, 0) is 17.7 Å². The number of fused-ring (bicyclic) bond motifs is 4. The summed E-state index contributed by atoms with van der Waals surface area (Å²) in [7, 11) is 0. The lowest BCUT2D eigenvalue weighted by Gasteiger charge is -2.33. The molecule has 1 aliphatic heterocycles. The van der Waals surface area contributed by atoms with Crippen LogP contribution in [0.4, 0.5) is 0 Å². The van der Waals surface area contributed by atoms with Gasteiger partial charge in [0.1, 0.15) is 0 Å². The molecule has 0 unspecified atom stereocenters. The van der Waals surface area contributed by atoms with E-state index in [1.165, 1.54) is 22.1 Å². The lowest BCUT2D eigenvalue weighted by Crippen LogP contribution is -2.38. The first-order chi connectivity index (χ1) is 11.4. The van der Waals surface area contributed by atoms with Crippen molar-refractivity contribution >= 4 is 10.9 Å². The van der Waals surface area contributed by atoms with E-state index in [4.69, 9.17) is 9.72 Å². The van der Waals surface area contributed by atoms with Crippen molar-refractivity contribution in [2.45, 2.75) is 6.04 Å². The van der Waals surface area contributed by atoms with Crippen LogP contribution in [0.3, 0.4) is 0 Å². The number of aromatic nitrogens is 1. The third-order valence-corrected chi connectivity index (χ3v) is 4.97. The van der Waals surface area contributed by atoms with Crippen molar-refractivity contribution in [3.63, 3.8) is 0 Å². The topological polar surface area (TPSA) is 25.4 Å². The fraction of sp³-hybridized carbons (Fsp3) is 0.250. The lowest BCUT2D eigenvalue weighted by atomic mass is 10.0. The van der Waals surface area contributed by atoms with Crippen LogP contribution in [0.25, 0.3) is 22.2 Å². The number of hydrogen-bond acceptors (Lipinski definition) is 3. The molecule has 0 N–H and O–H groups in total. The van der Waals surface area contributed by atoms with Gasteiger partial charge in [-0.3, -0.25) is 4.90 Å². The first-order valence-electron chi connectivity index (χ1n) is 8.22. The molecule has 2 aromatic carbocycles. The number of para-hydroxylation sites is 1. The second-order valence-electron chi connectivity index (χ2n) is 6.26. The first-order valence-corrected chi connectivity index (χ1v) is 8.22. The SMILES string of the molecule is c1ccc2c(c1)-c1nc3ccccc3cc1[C@@H]2N1CCOCC1. The minimum absolute atomic E-state index is 0.308. The van der Waals surface area contributed by atoms with Gasteiger partial charge in [0, 0.05) is 29.6 Å². The smallest absolute Gasteiger partial charge is 0.0764 e. The van der Waals surface area contributed by atoms with Crippen molar-refractivity contribution in [2.24, 2.45) is 0 Å². The van der Waals surface area contributed by atoms with Crippen LogP contribution in [0.2, 0.25) is 0 Å². The molecule has 114 valence electrons. The zero-order valence-electron chi connectivity index (χ0n) is 12.9. The van der Waals surface area contributed by atoms with Crippen molar-refractivity contribution in [3.8, 4) is 11.3 Å². The molecule has 1 fully saturated rings. The lowest BCUT2D eigenvalue weighted by molar-refractivity contribution is 0.0247. The van der Waals surface area contributed by atoms with Gasteiger partial charge < -0.3 is 4.74 Å². The van der Waals surface area contributed by atoms with Gasteiger partial charge in [-0.25, -0.2) is 4.98 Å². The molecule has 0 saturated carbocycles. The predicted octanol–water partition coefficient (Wildman–Crippen LogP) is 3.64. The van der Waals surface area contributed by atoms with E-state index >= 15 is 0 Å². The Morgan fingerprint density at radius 1 is 0.913 bits per heavy atom. The number of ether oxygens (including phenoxy) is 1. The van der Waals surface area contributed by atoms with Crippen LogP contribution in [-0.2, 0) is 4.74 Å². The maximum Gasteiger partial charge on any atom is 0.0764 e. The fourth-order valence-electron chi connectivity index (χ4n) is 3.90. The Bertz CT molecular complexity index is 884. The Kier molecular flexibility index (Phi) is 2.96. The van der Waals surface area contributed by atoms with Gasteiger partial charge in [-0.1, -0.05) is 42.5 Å². The summed E-state index contributed by atoms with van der Waals surface area (Å²) in [5.41, 5.74) is 6.23. The molecular weight excluding hydrogens is 284 g/mol. The summed E-state index contributed by atoms with van der Waals surface area (Å²) in [6, 6.07) is 19.7. The van der Waals surface area contributed by atoms with Crippen molar-refractivity contribution < 1.29 is 4.74 Å². The Morgan fingerprint density at radius 2 is 1.70 bits per heavy atom. The van der Waals surface area contributed by atoms with Crippen LogP contribution >= 0.6 is 0 Å². The number of hydrogen-bond donors (Lipinski definition) is 0. The highest BCUT2D eigenvalue weighted by Crippen LogP contribution is 2.46. The van der Waals surface area contributed by atoms with Gasteiger partial charge in [0.15, 0.2) is 0 Å². The largest absolute Gasteiger partial charge is 0.379 e. The maximum absolute atomic E-state index is 5.55. The van der Waals surface area contributed by atoms with E-state index in [-0.39, 0.29) is 0 Å². The molecule has 3 heteroatoms. The van der Waals surface area contributed by atoms with E-state index in [1.807, 2.05) is 0 Å². The minimum Gasteiger partial charge on any atom is -0.379 e. The van der Waals surface area contributed by atoms with Crippen LogP contribution < -0.4 is 0 Å². The summed E-state index contributed by atoms with van der Waals surface area (Å²) in [6.45, 7) is 3.58. The van der Waals surface area contributed by atoms with Crippen LogP contribution in [0.15, 0.2) is 54.6 Å². The van der Waals surface area contributed by atoms with Crippen LogP contribution in [0.5, 0.6) is 0 Å². The summed E-state index contributed by atoms with van der Waals surface area (Å²) in [6.07, 6.45) is 0. The van der Waals surface area contributed by atoms with Crippen molar-refractivity contribution in [2.75, 3.05) is 26.3 Å². The normalized spacial score (nSPS) is 20.4. The second-order valence-corrected chi connectivity index (χ2v) is 6.26. The van der Waals surface area contributed by atoms with Gasteiger partial charge in [-0.15, -0.1) is 0 Å². The standard InChI is InChI=1S/C20H18N2O/c1-4-8-18-14(5-1)13-17-19(21-18)15-6-2-3-7-16(15)20(17)22-9-11-23-12-10-22/h1-8,13,20H,9-12H2/t20-/m1/s1. The molecule has 0 amide bonds. The van der Waals surface area contributed by atoms with E-state index in [9.17, 15) is 0 Å². The van der Waals surface area contributed by atoms with Crippen LogP contribution in [0.1, 0.15) is 17.2 Å². The summed E-state index contributed by atoms with van der Waals surface area (Å²) in [5, 5.41) is 1.22. The molecular formula is C20H18N2O. The molecule has 0 radical (unpaired) electrons. The predicted molar refractivity (Wildman–Crippen MR) is 91.4 cm³/mol. The Balaban J connectivity index is 1.75. The summed E-state index contributed by atoms with van der Waals surface area (Å²) >= 11 is 0. The Morgan fingerprint density at radius 3 is 2.61 bits per heavy atom. The number of morpholine rings is 1. The molecule has 5 rings (SSSR count). The Hall–Kier alpha value is -2.23. The van der Waals surface area contributed by atoms with Crippen LogP contribution in [0, 0.1) is 0 Å². The number of pyridine rings is 1. The number of nitrogens with zero attached hydrogens (tertiary/aromatic N) is 2. The number of benzene rings is 2. The zero-order valence-corrected chi connectivity index (χ0v) is 12.9. The zero-order chi connectivity index (χ0) is 15.2. The molecule has 2 aliphatic rings. The quantitative estimate of drug-likeness (QED) is 0.686. The van der Waals surface area contributed by atoms with Crippen molar-refractivity contribution in [3.05, 3.63) is 65.7 Å². The van der Waals surface area contributed by atoms with E-state index in [1.54, 1.807) is 0 Å². The van der Waals surface area contributed by atoms with Crippen molar-refractivity contribution in [1.82, 2.24) is 9.88 Å². The highest BCUT2D eigenvalue weighted by atomic mass is 16.5. The summed E-state index contributed by atoms with van der Waals surface area (Å²) in [5.74, 6) is 0. The molecule has 0 bridgehead atoms. The third-order valence-electron chi connectivity index (χ3n) is 4.97. The van der Waals surface area contributed by atoms with Gasteiger partial charge in [0.05, 0.1) is 30.5 Å². The molecule has 23 heavy (non-hydrogen) atoms. The van der Waals surface area contributed by atoms with E-state index in [2.05, 4.69) is 59.5 Å². The van der Waals surface area contributed by atoms with Gasteiger partial charge in [0.2, 0.25) is 0 Å². The fourth-order valence-corrected chi connectivity index (χ4v) is 3.90. The second kappa shape index (κ2) is 5.15. The third kappa shape index (κ3) is 2.01. The molecule has 3 aromatic rings. The van der Waals surface area contributed by atoms with Gasteiger partial charge >= 0.3 is 0 Å². The highest BCUT2D eigenvalue weighted by molar-refractivity contribution is 5.87. The molecule has 0 spiro atoms. The highest BCUT2D eigenvalue weighted by Gasteiger charge is 2.34. The molecule has 3 nitrogen and oxygen atoms in total. The monoisotopic (exact) mass is 302 g/mol. The average Bonchev–Trinajstić information content (AvgIpc) is 2.94. The summed E-state index contributed by atoms with van der Waals surface area (Å²) < 4.78 is 5.55. The summed E-state index contributed by atoms with van der Waals surface area (Å²) in [4.78, 5) is 7.52. The molecule has 1 atom stereocenters. The first kappa shape index (κ1) is 13.2. The van der Waals surface area contributed by atoms with Crippen molar-refractivity contribution in [1.29, 1.82) is 0 Å². The van der Waals surface area contributed by atoms with E-state index in [0.717, 1.165) is 37.5 Å². The molecule has 1 saturated heterocycles. The van der Waals surface area contributed by atoms with E-state index in [0.29, 0.717) is 6.04 Å². The molecule has 1 aromatic heterocycles. The maximum atomic E-state index is 5.55. The Labute approximate surface area is 135 Å². The molecule has 2 heterocycles.